The van der Waals surface area contributed by atoms with Gasteiger partial charge in [0.05, 0.1) is 11.0 Å². The van der Waals surface area contributed by atoms with E-state index in [0.29, 0.717) is 12.2 Å². The molecule has 0 bridgehead atoms. The summed E-state index contributed by atoms with van der Waals surface area (Å²) in [7, 11) is 0. The number of hydrogen-bond donors (Lipinski definition) is 2. The lowest BCUT2D eigenvalue weighted by Crippen LogP contribution is -2.22. The van der Waals surface area contributed by atoms with E-state index in [2.05, 4.69) is 5.32 Å². The second-order valence-electron chi connectivity index (χ2n) is 4.87. The minimum atomic E-state index is -0.375. The molecule has 0 amide bonds. The molecule has 5 nitrogen and oxygen atoms in total. The third-order valence-corrected chi connectivity index (χ3v) is 3.61. The molecular formula is C13H18N2O3. The van der Waals surface area contributed by atoms with Gasteiger partial charge in [0.25, 0.3) is 5.69 Å². The fourth-order valence-electron chi connectivity index (χ4n) is 2.52. The molecular weight excluding hydrogens is 232 g/mol. The van der Waals surface area contributed by atoms with E-state index in [4.69, 9.17) is 0 Å². The Bertz CT molecular complexity index is 448. The van der Waals surface area contributed by atoms with Crippen LogP contribution in [0.2, 0.25) is 0 Å². The van der Waals surface area contributed by atoms with Gasteiger partial charge < -0.3 is 10.4 Å². The standard InChI is InChI=1S/C13H18N2O3/c1-9-4-2-6-11(15(17)18)13(9)14-8-10-5-3-7-12(10)16/h2,4,6,10,12,14,16H,3,5,7-8H2,1H3. The van der Waals surface area contributed by atoms with Gasteiger partial charge in [-0.25, -0.2) is 0 Å². The largest absolute Gasteiger partial charge is 0.393 e. The van der Waals surface area contributed by atoms with E-state index < -0.39 is 0 Å². The lowest BCUT2D eigenvalue weighted by atomic mass is 10.1. The first-order valence-electron chi connectivity index (χ1n) is 6.25. The molecule has 1 aliphatic rings. The van der Waals surface area contributed by atoms with Gasteiger partial charge in [-0.05, 0) is 25.3 Å². The summed E-state index contributed by atoms with van der Waals surface area (Å²) < 4.78 is 0. The van der Waals surface area contributed by atoms with Crippen LogP contribution >= 0.6 is 0 Å². The molecule has 1 aliphatic carbocycles. The van der Waals surface area contributed by atoms with Crippen molar-refractivity contribution in [2.75, 3.05) is 11.9 Å². The summed E-state index contributed by atoms with van der Waals surface area (Å²) in [5, 5.41) is 23.8. The highest BCUT2D eigenvalue weighted by atomic mass is 16.6. The Hall–Kier alpha value is -1.62. The number of aliphatic hydroxyl groups is 1. The van der Waals surface area contributed by atoms with E-state index in [1.54, 1.807) is 6.07 Å². The van der Waals surface area contributed by atoms with Crippen LogP contribution in [-0.2, 0) is 0 Å². The minimum absolute atomic E-state index is 0.0995. The van der Waals surface area contributed by atoms with E-state index in [1.807, 2.05) is 13.0 Å². The van der Waals surface area contributed by atoms with Crippen molar-refractivity contribution in [3.05, 3.63) is 33.9 Å². The fraction of sp³-hybridized carbons (Fsp3) is 0.538. The third kappa shape index (κ3) is 2.61. The van der Waals surface area contributed by atoms with Gasteiger partial charge in [-0.1, -0.05) is 18.6 Å². The fourth-order valence-corrected chi connectivity index (χ4v) is 2.52. The summed E-state index contributed by atoms with van der Waals surface area (Å²) >= 11 is 0. The highest BCUT2D eigenvalue weighted by Gasteiger charge is 2.26. The zero-order chi connectivity index (χ0) is 13.1. The van der Waals surface area contributed by atoms with Crippen molar-refractivity contribution in [3.63, 3.8) is 0 Å². The lowest BCUT2D eigenvalue weighted by molar-refractivity contribution is -0.384. The Balaban J connectivity index is 2.11. The molecule has 0 radical (unpaired) electrons. The Morgan fingerprint density at radius 3 is 2.89 bits per heavy atom. The van der Waals surface area contributed by atoms with Crippen LogP contribution in [0.4, 0.5) is 11.4 Å². The molecule has 0 spiro atoms. The monoisotopic (exact) mass is 250 g/mol. The Morgan fingerprint density at radius 1 is 1.50 bits per heavy atom. The molecule has 18 heavy (non-hydrogen) atoms. The molecule has 2 N–H and O–H groups in total. The Kier molecular flexibility index (Phi) is 3.81. The summed E-state index contributed by atoms with van der Waals surface area (Å²) in [6.07, 6.45) is 2.57. The highest BCUT2D eigenvalue weighted by molar-refractivity contribution is 5.65. The quantitative estimate of drug-likeness (QED) is 0.636. The van der Waals surface area contributed by atoms with Gasteiger partial charge in [0.1, 0.15) is 5.69 Å². The van der Waals surface area contributed by atoms with E-state index in [-0.39, 0.29) is 22.6 Å². The third-order valence-electron chi connectivity index (χ3n) is 3.61. The summed E-state index contributed by atoms with van der Waals surface area (Å²) in [5.41, 5.74) is 1.53. The summed E-state index contributed by atoms with van der Waals surface area (Å²) in [4.78, 5) is 10.6. The van der Waals surface area contributed by atoms with Gasteiger partial charge in [0.2, 0.25) is 0 Å². The predicted molar refractivity (Wildman–Crippen MR) is 69.7 cm³/mol. The van der Waals surface area contributed by atoms with E-state index in [9.17, 15) is 15.2 Å². The molecule has 0 heterocycles. The molecule has 2 atom stereocenters. The van der Waals surface area contributed by atoms with Crippen LogP contribution in [0, 0.1) is 23.0 Å². The van der Waals surface area contributed by atoms with Crippen molar-refractivity contribution in [1.82, 2.24) is 0 Å². The average Bonchev–Trinajstić information content (AvgIpc) is 2.73. The predicted octanol–water partition coefficient (Wildman–Crippen LogP) is 2.48. The minimum Gasteiger partial charge on any atom is -0.393 e. The first-order chi connectivity index (χ1) is 8.59. The van der Waals surface area contributed by atoms with E-state index in [0.717, 1.165) is 24.8 Å². The number of aliphatic hydroxyl groups excluding tert-OH is 1. The molecule has 5 heteroatoms. The van der Waals surface area contributed by atoms with Crippen LogP contribution < -0.4 is 5.32 Å². The second-order valence-corrected chi connectivity index (χ2v) is 4.87. The highest BCUT2D eigenvalue weighted by Crippen LogP contribution is 2.30. The number of benzene rings is 1. The second kappa shape index (κ2) is 5.35. The molecule has 0 saturated heterocycles. The van der Waals surface area contributed by atoms with Gasteiger partial charge in [0.15, 0.2) is 0 Å². The van der Waals surface area contributed by atoms with Crippen molar-refractivity contribution in [2.45, 2.75) is 32.3 Å². The Morgan fingerprint density at radius 2 is 2.28 bits per heavy atom. The number of anilines is 1. The SMILES string of the molecule is Cc1cccc([N+](=O)[O-])c1NCC1CCCC1O. The number of rotatable bonds is 4. The van der Waals surface area contributed by atoms with Crippen molar-refractivity contribution in [2.24, 2.45) is 5.92 Å². The van der Waals surface area contributed by atoms with Crippen LogP contribution in [0.15, 0.2) is 18.2 Å². The smallest absolute Gasteiger partial charge is 0.292 e. The zero-order valence-corrected chi connectivity index (χ0v) is 10.4. The molecule has 98 valence electrons. The molecule has 1 fully saturated rings. The first kappa shape index (κ1) is 12.8. The molecule has 0 aromatic heterocycles. The molecule has 1 saturated carbocycles. The number of hydrogen-bond acceptors (Lipinski definition) is 4. The molecule has 2 unspecified atom stereocenters. The average molecular weight is 250 g/mol. The van der Waals surface area contributed by atoms with Gasteiger partial charge in [-0.15, -0.1) is 0 Å². The van der Waals surface area contributed by atoms with Crippen molar-refractivity contribution < 1.29 is 10.0 Å². The van der Waals surface area contributed by atoms with Gasteiger partial charge in [-0.2, -0.15) is 0 Å². The van der Waals surface area contributed by atoms with Crippen molar-refractivity contribution in [1.29, 1.82) is 0 Å². The van der Waals surface area contributed by atoms with Crippen LogP contribution in [-0.4, -0.2) is 22.7 Å². The normalized spacial score (nSPS) is 23.0. The van der Waals surface area contributed by atoms with Gasteiger partial charge in [0, 0.05) is 18.5 Å². The number of aryl methyl sites for hydroxylation is 1. The maximum atomic E-state index is 11.0. The number of nitrogens with one attached hydrogen (secondary N) is 1. The van der Waals surface area contributed by atoms with Crippen LogP contribution in [0.1, 0.15) is 24.8 Å². The lowest BCUT2D eigenvalue weighted by Gasteiger charge is -2.17. The summed E-state index contributed by atoms with van der Waals surface area (Å²) in [6.45, 7) is 2.44. The Labute approximate surface area is 106 Å². The van der Waals surface area contributed by atoms with Crippen molar-refractivity contribution >= 4 is 11.4 Å². The van der Waals surface area contributed by atoms with E-state index in [1.165, 1.54) is 6.07 Å². The topological polar surface area (TPSA) is 75.4 Å². The van der Waals surface area contributed by atoms with Crippen LogP contribution in [0.3, 0.4) is 0 Å². The molecule has 2 rings (SSSR count). The summed E-state index contributed by atoms with van der Waals surface area (Å²) in [6, 6.07) is 5.03. The molecule has 1 aromatic carbocycles. The maximum Gasteiger partial charge on any atom is 0.292 e. The number of para-hydroxylation sites is 1. The maximum absolute atomic E-state index is 11.0. The van der Waals surface area contributed by atoms with E-state index >= 15 is 0 Å². The van der Waals surface area contributed by atoms with Crippen LogP contribution in [0.5, 0.6) is 0 Å². The zero-order valence-electron chi connectivity index (χ0n) is 10.4. The number of nitrogens with zero attached hydrogens (tertiary/aromatic N) is 1. The summed E-state index contributed by atoms with van der Waals surface area (Å²) in [5.74, 6) is 0.198. The van der Waals surface area contributed by atoms with Crippen LogP contribution in [0.25, 0.3) is 0 Å². The van der Waals surface area contributed by atoms with Gasteiger partial charge in [-0.3, -0.25) is 10.1 Å². The molecule has 0 aliphatic heterocycles. The van der Waals surface area contributed by atoms with Gasteiger partial charge >= 0.3 is 0 Å². The number of nitro groups is 1. The number of nitro benzene ring substituents is 1. The first-order valence-corrected chi connectivity index (χ1v) is 6.25. The molecule has 1 aromatic rings. The van der Waals surface area contributed by atoms with Crippen molar-refractivity contribution in [3.8, 4) is 0 Å².